The van der Waals surface area contributed by atoms with Gasteiger partial charge in [0.1, 0.15) is 18.2 Å². The molecule has 2 aromatic rings. The van der Waals surface area contributed by atoms with Gasteiger partial charge in [0, 0.05) is 6.54 Å². The maximum Gasteiger partial charge on any atom is 0.236 e. The van der Waals surface area contributed by atoms with E-state index in [9.17, 15) is 17.6 Å². The monoisotopic (exact) mass is 420 g/mol. The molecule has 0 fully saturated rings. The highest BCUT2D eigenvalue weighted by atomic mass is 32.2. The number of nitrogens with one attached hydrogen (secondary N) is 1. The molecule has 0 aromatic heterocycles. The second-order valence-corrected chi connectivity index (χ2v) is 9.52. The second-order valence-electron chi connectivity index (χ2n) is 7.80. The van der Waals surface area contributed by atoms with E-state index in [2.05, 4.69) is 4.72 Å². The highest BCUT2D eigenvalue weighted by Crippen LogP contribution is 2.38. The number of amides is 1. The van der Waals surface area contributed by atoms with Crippen LogP contribution in [0.1, 0.15) is 32.8 Å². The van der Waals surface area contributed by atoms with Crippen molar-refractivity contribution in [2.45, 2.75) is 32.9 Å². The van der Waals surface area contributed by atoms with Crippen molar-refractivity contribution in [1.29, 1.82) is 0 Å². The molecule has 0 atom stereocenters. The number of halogens is 1. The number of benzene rings is 2. The Morgan fingerprint density at radius 2 is 1.86 bits per heavy atom. The maximum absolute atomic E-state index is 13.0. The van der Waals surface area contributed by atoms with E-state index >= 15 is 0 Å². The molecule has 156 valence electrons. The molecule has 0 spiro atoms. The standard InChI is InChI=1S/C21H25FN2O4S/c1-4-11-24-18-12-17(9-10-19(18)28-14-21(2,3)20(24)25)23-29(26,27)13-15-5-7-16(22)8-6-15/h5-10,12,23H,4,11,13-14H2,1-3H3. The number of fused-ring (bicyclic) bond motifs is 1. The Hall–Kier alpha value is -2.61. The lowest BCUT2D eigenvalue weighted by atomic mass is 9.93. The van der Waals surface area contributed by atoms with Gasteiger partial charge in [0.2, 0.25) is 15.9 Å². The van der Waals surface area contributed by atoms with Gasteiger partial charge in [-0.25, -0.2) is 12.8 Å². The van der Waals surface area contributed by atoms with Gasteiger partial charge < -0.3 is 9.64 Å². The number of carbonyl (C=O) groups excluding carboxylic acids is 1. The number of nitrogens with zero attached hydrogens (tertiary/aromatic N) is 1. The van der Waals surface area contributed by atoms with Crippen LogP contribution in [0.4, 0.5) is 15.8 Å². The summed E-state index contributed by atoms with van der Waals surface area (Å²) in [5.41, 5.74) is 0.671. The lowest BCUT2D eigenvalue weighted by Crippen LogP contribution is -2.42. The Bertz CT molecular complexity index is 1000. The molecule has 0 aliphatic carbocycles. The molecule has 0 bridgehead atoms. The van der Waals surface area contributed by atoms with Gasteiger partial charge in [-0.05, 0) is 56.2 Å². The van der Waals surface area contributed by atoms with E-state index in [-0.39, 0.29) is 18.3 Å². The number of hydrogen-bond acceptors (Lipinski definition) is 4. The zero-order valence-corrected chi connectivity index (χ0v) is 17.6. The number of rotatable bonds is 6. The summed E-state index contributed by atoms with van der Waals surface area (Å²) >= 11 is 0. The molecule has 8 heteroatoms. The van der Waals surface area contributed by atoms with Crippen LogP contribution in [-0.4, -0.2) is 27.5 Å². The van der Waals surface area contributed by atoms with Crippen molar-refractivity contribution in [2.75, 3.05) is 22.8 Å². The van der Waals surface area contributed by atoms with Gasteiger partial charge in [-0.3, -0.25) is 9.52 Å². The minimum Gasteiger partial charge on any atom is -0.490 e. The van der Waals surface area contributed by atoms with Crippen molar-refractivity contribution in [3.05, 3.63) is 53.8 Å². The van der Waals surface area contributed by atoms with Crippen LogP contribution in [-0.2, 0) is 20.6 Å². The summed E-state index contributed by atoms with van der Waals surface area (Å²) in [6.07, 6.45) is 0.752. The van der Waals surface area contributed by atoms with Gasteiger partial charge in [-0.15, -0.1) is 0 Å². The third-order valence-electron chi connectivity index (χ3n) is 4.65. The lowest BCUT2D eigenvalue weighted by molar-refractivity contribution is -0.127. The van der Waals surface area contributed by atoms with E-state index < -0.39 is 21.3 Å². The minimum absolute atomic E-state index is 0.0654. The number of sulfonamides is 1. The first kappa shape index (κ1) is 21.1. The molecule has 29 heavy (non-hydrogen) atoms. The normalized spacial score (nSPS) is 16.0. The van der Waals surface area contributed by atoms with Crippen molar-refractivity contribution in [3.8, 4) is 5.75 Å². The van der Waals surface area contributed by atoms with Gasteiger partial charge in [0.05, 0.1) is 22.5 Å². The molecule has 1 aliphatic rings. The van der Waals surface area contributed by atoms with Crippen molar-refractivity contribution in [2.24, 2.45) is 5.41 Å². The molecule has 1 amide bonds. The SMILES string of the molecule is CCCN1C(=O)C(C)(C)COc2ccc(NS(=O)(=O)Cc3ccc(F)cc3)cc21. The van der Waals surface area contributed by atoms with Crippen molar-refractivity contribution in [1.82, 2.24) is 0 Å². The van der Waals surface area contributed by atoms with Crippen LogP contribution in [0, 0.1) is 11.2 Å². The third-order valence-corrected chi connectivity index (χ3v) is 5.91. The van der Waals surface area contributed by atoms with E-state index in [0.29, 0.717) is 29.2 Å². The molecule has 0 radical (unpaired) electrons. The molecule has 1 heterocycles. The summed E-state index contributed by atoms with van der Waals surface area (Å²) in [6.45, 7) is 6.38. The Morgan fingerprint density at radius 3 is 2.52 bits per heavy atom. The van der Waals surface area contributed by atoms with Gasteiger partial charge in [0.25, 0.3) is 0 Å². The van der Waals surface area contributed by atoms with E-state index in [1.54, 1.807) is 23.1 Å². The zero-order chi connectivity index (χ0) is 21.2. The average Bonchev–Trinajstić information content (AvgIpc) is 2.74. The predicted molar refractivity (Wildman–Crippen MR) is 111 cm³/mol. The maximum atomic E-state index is 13.0. The molecule has 1 N–H and O–H groups in total. The largest absolute Gasteiger partial charge is 0.490 e. The fourth-order valence-corrected chi connectivity index (χ4v) is 4.36. The molecular weight excluding hydrogens is 395 g/mol. The van der Waals surface area contributed by atoms with E-state index in [0.717, 1.165) is 6.42 Å². The van der Waals surface area contributed by atoms with Crippen molar-refractivity contribution < 1.29 is 22.3 Å². The van der Waals surface area contributed by atoms with E-state index in [4.69, 9.17) is 4.74 Å². The van der Waals surface area contributed by atoms with Crippen LogP contribution in [0.15, 0.2) is 42.5 Å². The molecule has 3 rings (SSSR count). The number of anilines is 2. The predicted octanol–water partition coefficient (Wildman–Crippen LogP) is 3.93. The first-order valence-corrected chi connectivity index (χ1v) is 11.1. The van der Waals surface area contributed by atoms with Crippen LogP contribution in [0.5, 0.6) is 5.75 Å². The van der Waals surface area contributed by atoms with Crippen LogP contribution < -0.4 is 14.4 Å². The molecule has 0 unspecified atom stereocenters. The Kier molecular flexibility index (Phi) is 5.84. The van der Waals surface area contributed by atoms with Gasteiger partial charge in [-0.2, -0.15) is 0 Å². The fourth-order valence-electron chi connectivity index (χ4n) is 3.17. The molecule has 2 aromatic carbocycles. The van der Waals surface area contributed by atoms with Crippen LogP contribution >= 0.6 is 0 Å². The number of ether oxygens (including phenoxy) is 1. The highest BCUT2D eigenvalue weighted by Gasteiger charge is 2.37. The summed E-state index contributed by atoms with van der Waals surface area (Å²) in [5.74, 6) is -0.234. The van der Waals surface area contributed by atoms with Gasteiger partial charge in [-0.1, -0.05) is 19.1 Å². The number of hydrogen-bond donors (Lipinski definition) is 1. The Morgan fingerprint density at radius 1 is 1.17 bits per heavy atom. The van der Waals surface area contributed by atoms with Crippen LogP contribution in [0.2, 0.25) is 0 Å². The molecule has 1 aliphatic heterocycles. The van der Waals surface area contributed by atoms with Crippen molar-refractivity contribution >= 4 is 27.3 Å². The summed E-state index contributed by atoms with van der Waals surface area (Å²) in [5, 5.41) is 0. The first-order valence-electron chi connectivity index (χ1n) is 9.45. The third kappa shape index (κ3) is 4.87. The summed E-state index contributed by atoms with van der Waals surface area (Å²) < 4.78 is 46.5. The first-order chi connectivity index (χ1) is 13.6. The average molecular weight is 421 g/mol. The second kappa shape index (κ2) is 8.02. The summed E-state index contributed by atoms with van der Waals surface area (Å²) in [7, 11) is -3.72. The quantitative estimate of drug-likeness (QED) is 0.768. The highest BCUT2D eigenvalue weighted by molar-refractivity contribution is 7.91. The molecule has 6 nitrogen and oxygen atoms in total. The number of carbonyl (C=O) groups is 1. The zero-order valence-electron chi connectivity index (χ0n) is 16.7. The summed E-state index contributed by atoms with van der Waals surface area (Å²) in [4.78, 5) is 14.6. The van der Waals surface area contributed by atoms with E-state index in [1.165, 1.54) is 24.3 Å². The molecule has 0 saturated heterocycles. The summed E-state index contributed by atoms with van der Waals surface area (Å²) in [6, 6.07) is 10.2. The molecule has 0 saturated carbocycles. The minimum atomic E-state index is -3.72. The van der Waals surface area contributed by atoms with Gasteiger partial charge >= 0.3 is 0 Å². The fraction of sp³-hybridized carbons (Fsp3) is 0.381. The van der Waals surface area contributed by atoms with Crippen LogP contribution in [0.3, 0.4) is 0 Å². The van der Waals surface area contributed by atoms with Gasteiger partial charge in [0.15, 0.2) is 0 Å². The Balaban J connectivity index is 1.88. The Labute approximate surface area is 170 Å². The van der Waals surface area contributed by atoms with Crippen molar-refractivity contribution in [3.63, 3.8) is 0 Å². The van der Waals surface area contributed by atoms with E-state index in [1.807, 2.05) is 20.8 Å². The molecular formula is C21H25FN2O4S. The smallest absolute Gasteiger partial charge is 0.236 e. The topological polar surface area (TPSA) is 75.7 Å². The van der Waals surface area contributed by atoms with Crippen LogP contribution in [0.25, 0.3) is 0 Å². The lowest BCUT2D eigenvalue weighted by Gasteiger charge is -2.28.